The third-order valence-corrected chi connectivity index (χ3v) is 5.57. The van der Waals surface area contributed by atoms with Crippen LogP contribution in [0.2, 0.25) is 0 Å². The van der Waals surface area contributed by atoms with Crippen molar-refractivity contribution in [2.24, 2.45) is 0 Å². The lowest BCUT2D eigenvalue weighted by atomic mass is 10.1. The van der Waals surface area contributed by atoms with Gasteiger partial charge in [-0.2, -0.15) is 0 Å². The Kier molecular flexibility index (Phi) is 5.72. The van der Waals surface area contributed by atoms with Crippen molar-refractivity contribution in [3.8, 4) is 0 Å². The smallest absolute Gasteiger partial charge is 0.272 e. The van der Waals surface area contributed by atoms with Crippen molar-refractivity contribution in [2.75, 3.05) is 5.32 Å². The maximum absolute atomic E-state index is 13.1. The van der Waals surface area contributed by atoms with E-state index < -0.39 is 0 Å². The number of hydrogen-bond donors (Lipinski definition) is 2. The Hall–Kier alpha value is -3.70. The highest BCUT2D eigenvalue weighted by Crippen LogP contribution is 2.24. The molecular weight excluding hydrogens is 392 g/mol. The Morgan fingerprint density at radius 3 is 2.43 bits per heavy atom. The van der Waals surface area contributed by atoms with Crippen LogP contribution in [0.25, 0.3) is 16.8 Å². The number of rotatable bonds is 5. The van der Waals surface area contributed by atoms with Gasteiger partial charge in [0, 0.05) is 21.5 Å². The predicted octanol–water partition coefficient (Wildman–Crippen LogP) is 5.62. The molecule has 5 heteroatoms. The normalized spacial score (nSPS) is 11.3. The molecule has 0 saturated carbocycles. The second-order valence-corrected chi connectivity index (χ2v) is 7.80. The van der Waals surface area contributed by atoms with E-state index in [0.29, 0.717) is 11.3 Å². The number of nitrogens with one attached hydrogen (secondary N) is 2. The summed E-state index contributed by atoms with van der Waals surface area (Å²) < 4.78 is 0. The molecule has 1 heterocycles. The zero-order valence-corrected chi connectivity index (χ0v) is 17.2. The highest BCUT2D eigenvalue weighted by atomic mass is 32.1. The number of carbonyl (C=O) groups is 2. The van der Waals surface area contributed by atoms with Crippen LogP contribution in [0.4, 0.5) is 5.69 Å². The van der Waals surface area contributed by atoms with Crippen LogP contribution in [-0.2, 0) is 4.79 Å². The van der Waals surface area contributed by atoms with Crippen molar-refractivity contribution >= 4 is 45.7 Å². The predicted molar refractivity (Wildman–Crippen MR) is 124 cm³/mol. The summed E-state index contributed by atoms with van der Waals surface area (Å²) in [5, 5.41) is 9.64. The van der Waals surface area contributed by atoms with E-state index in [4.69, 9.17) is 0 Å². The van der Waals surface area contributed by atoms with E-state index in [9.17, 15) is 9.59 Å². The number of anilines is 1. The van der Waals surface area contributed by atoms with Gasteiger partial charge in [-0.3, -0.25) is 9.59 Å². The first-order chi connectivity index (χ1) is 14.6. The van der Waals surface area contributed by atoms with Crippen molar-refractivity contribution in [1.82, 2.24) is 5.32 Å². The van der Waals surface area contributed by atoms with Gasteiger partial charge in [-0.1, -0.05) is 60.7 Å². The highest BCUT2D eigenvalue weighted by Gasteiger charge is 2.17. The summed E-state index contributed by atoms with van der Waals surface area (Å²) in [6.45, 7) is 1.87. The molecule has 0 bridgehead atoms. The Balaban J connectivity index is 1.65. The van der Waals surface area contributed by atoms with Gasteiger partial charge in [0.1, 0.15) is 5.70 Å². The van der Waals surface area contributed by atoms with E-state index in [1.165, 1.54) is 11.3 Å². The topological polar surface area (TPSA) is 58.2 Å². The lowest BCUT2D eigenvalue weighted by Gasteiger charge is -2.13. The van der Waals surface area contributed by atoms with Gasteiger partial charge in [0.15, 0.2) is 0 Å². The molecule has 0 aliphatic carbocycles. The van der Waals surface area contributed by atoms with E-state index in [1.807, 2.05) is 79.0 Å². The molecule has 1 aromatic heterocycles. The van der Waals surface area contributed by atoms with Gasteiger partial charge >= 0.3 is 0 Å². The molecule has 0 radical (unpaired) electrons. The van der Waals surface area contributed by atoms with Crippen LogP contribution >= 0.6 is 11.3 Å². The average Bonchev–Trinajstić information content (AvgIpc) is 3.27. The van der Waals surface area contributed by atoms with Gasteiger partial charge < -0.3 is 10.6 Å². The van der Waals surface area contributed by atoms with Crippen LogP contribution in [0.5, 0.6) is 0 Å². The zero-order chi connectivity index (χ0) is 20.9. The van der Waals surface area contributed by atoms with Crippen LogP contribution in [0.1, 0.15) is 20.8 Å². The Labute approximate surface area is 178 Å². The van der Waals surface area contributed by atoms with Gasteiger partial charge in [-0.05, 0) is 47.5 Å². The summed E-state index contributed by atoms with van der Waals surface area (Å²) in [5.74, 6) is -0.689. The molecule has 0 spiro atoms. The summed E-state index contributed by atoms with van der Waals surface area (Å²) in [6, 6.07) is 24.7. The van der Waals surface area contributed by atoms with Gasteiger partial charge in [-0.15, -0.1) is 11.3 Å². The molecule has 4 nitrogen and oxygen atoms in total. The van der Waals surface area contributed by atoms with Crippen molar-refractivity contribution in [2.45, 2.75) is 6.92 Å². The first-order valence-corrected chi connectivity index (χ1v) is 10.4. The summed E-state index contributed by atoms with van der Waals surface area (Å²) in [5.41, 5.74) is 2.27. The SMILES string of the molecule is Cc1ccccc1C(=O)N/C(=C\c1cccs1)C(=O)Nc1cccc2ccccc12. The summed E-state index contributed by atoms with van der Waals surface area (Å²) in [7, 11) is 0. The monoisotopic (exact) mass is 412 g/mol. The molecule has 0 saturated heterocycles. The lowest BCUT2D eigenvalue weighted by molar-refractivity contribution is -0.113. The second kappa shape index (κ2) is 8.76. The fraction of sp³-hybridized carbons (Fsp3) is 0.0400. The summed E-state index contributed by atoms with van der Waals surface area (Å²) in [4.78, 5) is 26.9. The van der Waals surface area contributed by atoms with Gasteiger partial charge in [0.25, 0.3) is 11.8 Å². The van der Waals surface area contributed by atoms with Crippen molar-refractivity contribution < 1.29 is 9.59 Å². The maximum Gasteiger partial charge on any atom is 0.272 e. The first kappa shape index (κ1) is 19.6. The van der Waals surface area contributed by atoms with Gasteiger partial charge in [-0.25, -0.2) is 0 Å². The second-order valence-electron chi connectivity index (χ2n) is 6.82. The fourth-order valence-corrected chi connectivity index (χ4v) is 3.87. The van der Waals surface area contributed by atoms with E-state index in [2.05, 4.69) is 10.6 Å². The standard InChI is InChI=1S/C25H20N2O2S/c1-17-8-2-4-12-20(17)24(28)27-23(16-19-11-7-15-30-19)25(29)26-22-14-6-10-18-9-3-5-13-21(18)22/h2-16H,1H3,(H,26,29)(H,27,28)/b23-16-. The van der Waals surface area contributed by atoms with E-state index >= 15 is 0 Å². The number of carbonyl (C=O) groups excluding carboxylic acids is 2. The van der Waals surface area contributed by atoms with Gasteiger partial charge in [0.2, 0.25) is 0 Å². The first-order valence-electron chi connectivity index (χ1n) is 9.53. The molecule has 148 valence electrons. The molecule has 0 aliphatic heterocycles. The van der Waals surface area contributed by atoms with Crippen molar-refractivity contribution in [3.63, 3.8) is 0 Å². The molecule has 30 heavy (non-hydrogen) atoms. The van der Waals surface area contributed by atoms with Crippen molar-refractivity contribution in [3.05, 3.63) is 106 Å². The largest absolute Gasteiger partial charge is 0.320 e. The number of thiophene rings is 1. The number of amides is 2. The van der Waals surface area contributed by atoms with E-state index in [0.717, 1.165) is 21.2 Å². The maximum atomic E-state index is 13.1. The summed E-state index contributed by atoms with van der Waals surface area (Å²) in [6.07, 6.45) is 1.70. The third-order valence-electron chi connectivity index (χ3n) is 4.75. The quantitative estimate of drug-likeness (QED) is 0.418. The van der Waals surface area contributed by atoms with E-state index in [1.54, 1.807) is 18.2 Å². The molecule has 0 aliphatic rings. The number of fused-ring (bicyclic) bond motifs is 1. The van der Waals surface area contributed by atoms with Gasteiger partial charge in [0.05, 0.1) is 0 Å². The molecule has 3 aromatic carbocycles. The fourth-order valence-electron chi connectivity index (χ4n) is 3.22. The average molecular weight is 413 g/mol. The zero-order valence-electron chi connectivity index (χ0n) is 16.4. The minimum absolute atomic E-state index is 0.193. The number of hydrogen-bond acceptors (Lipinski definition) is 3. The number of benzene rings is 3. The Bertz CT molecular complexity index is 1240. The molecule has 2 amide bonds. The lowest BCUT2D eigenvalue weighted by Crippen LogP contribution is -2.31. The Morgan fingerprint density at radius 2 is 1.63 bits per heavy atom. The number of aryl methyl sites for hydroxylation is 1. The van der Waals surface area contributed by atoms with Crippen LogP contribution in [-0.4, -0.2) is 11.8 Å². The molecule has 0 unspecified atom stereocenters. The molecule has 2 N–H and O–H groups in total. The van der Waals surface area contributed by atoms with Crippen LogP contribution in [0, 0.1) is 6.92 Å². The molecule has 4 rings (SSSR count). The van der Waals surface area contributed by atoms with Crippen LogP contribution in [0.3, 0.4) is 0 Å². The van der Waals surface area contributed by atoms with E-state index in [-0.39, 0.29) is 17.5 Å². The molecular formula is C25H20N2O2S. The molecule has 0 fully saturated rings. The highest BCUT2D eigenvalue weighted by molar-refractivity contribution is 7.10. The minimum Gasteiger partial charge on any atom is -0.320 e. The molecule has 4 aromatic rings. The molecule has 0 atom stereocenters. The third kappa shape index (κ3) is 4.31. The minimum atomic E-state index is -0.373. The van der Waals surface area contributed by atoms with Crippen LogP contribution < -0.4 is 10.6 Å². The summed E-state index contributed by atoms with van der Waals surface area (Å²) >= 11 is 1.50. The van der Waals surface area contributed by atoms with Crippen molar-refractivity contribution in [1.29, 1.82) is 0 Å². The van der Waals surface area contributed by atoms with Crippen LogP contribution in [0.15, 0.2) is 89.9 Å². The Morgan fingerprint density at radius 1 is 0.867 bits per heavy atom.